The molecule has 2 aliphatic rings. The normalized spacial score (nSPS) is 34.2. The van der Waals surface area contributed by atoms with Gasteiger partial charge in [-0.1, -0.05) is 6.92 Å². The molecule has 1 aromatic rings. The molecule has 0 aromatic carbocycles. The van der Waals surface area contributed by atoms with Gasteiger partial charge in [-0.15, -0.1) is 16.3 Å². The van der Waals surface area contributed by atoms with E-state index in [4.69, 9.17) is 24.4 Å². The summed E-state index contributed by atoms with van der Waals surface area (Å²) >= 11 is 1.14. The second kappa shape index (κ2) is 7.98. The smallest absolute Gasteiger partial charge is 0.481 e. The summed E-state index contributed by atoms with van der Waals surface area (Å²) in [7, 11) is -3.76. The molecule has 4 N–H and O–H groups in total. The van der Waals surface area contributed by atoms with E-state index in [2.05, 4.69) is 4.98 Å². The maximum atomic E-state index is 14.9. The van der Waals surface area contributed by atoms with Crippen LogP contribution in [0.15, 0.2) is 17.1 Å². The number of alkyl halides is 1. The summed E-state index contributed by atoms with van der Waals surface area (Å²) in [6.45, 7) is 1.37. The Balaban J connectivity index is 1.65. The van der Waals surface area contributed by atoms with Crippen LogP contribution in [-0.2, 0) is 18.4 Å². The number of nitrogens with two attached hydrogens (primary N) is 1. The van der Waals surface area contributed by atoms with Gasteiger partial charge in [0.25, 0.3) is 0 Å². The van der Waals surface area contributed by atoms with E-state index in [1.807, 2.05) is 0 Å². The number of carbonyl (C=O) groups is 1. The predicted molar refractivity (Wildman–Crippen MR) is 95.6 cm³/mol. The van der Waals surface area contributed by atoms with Crippen LogP contribution in [0, 0.1) is 5.92 Å². The van der Waals surface area contributed by atoms with E-state index in [0.29, 0.717) is 0 Å². The average Bonchev–Trinajstić information content (AvgIpc) is 2.91. The molecule has 0 saturated carbocycles. The third kappa shape index (κ3) is 4.41. The van der Waals surface area contributed by atoms with Crippen molar-refractivity contribution in [1.29, 1.82) is 0 Å². The molecule has 0 spiro atoms. The van der Waals surface area contributed by atoms with Crippen molar-refractivity contribution in [1.82, 2.24) is 9.55 Å². The fourth-order valence-electron chi connectivity index (χ4n) is 2.69. The summed E-state index contributed by atoms with van der Waals surface area (Å²) in [5.41, 5.74) is 4.77. The third-order valence-electron chi connectivity index (χ3n) is 4.28. The van der Waals surface area contributed by atoms with Gasteiger partial charge >= 0.3 is 19.8 Å². The van der Waals surface area contributed by atoms with Crippen LogP contribution in [-0.4, -0.2) is 56.3 Å². The quantitative estimate of drug-likeness (QED) is 0.565. The Kier molecular flexibility index (Phi) is 6.04. The number of anilines is 1. The molecule has 0 amide bonds. The summed E-state index contributed by atoms with van der Waals surface area (Å²) in [6.07, 6.45) is -1.15. The van der Waals surface area contributed by atoms with E-state index in [-0.39, 0.29) is 25.5 Å². The van der Waals surface area contributed by atoms with E-state index >= 15 is 0 Å². The summed E-state index contributed by atoms with van der Waals surface area (Å²) in [4.78, 5) is 36.7. The van der Waals surface area contributed by atoms with Crippen LogP contribution in [0.4, 0.5) is 10.2 Å². The van der Waals surface area contributed by atoms with Crippen molar-refractivity contribution < 1.29 is 32.8 Å². The number of hydrogen-bond donors (Lipinski definition) is 3. The molecule has 2 fully saturated rings. The molecule has 0 aliphatic carbocycles. The topological polar surface area (TPSA) is 146 Å². The number of nitrogen functional groups attached to an aromatic ring is 1. The third-order valence-corrected chi connectivity index (χ3v) is 7.29. The number of nitrogens with zero attached hydrogens (tertiary/aromatic N) is 2. The van der Waals surface area contributed by atoms with Gasteiger partial charge in [-0.3, -0.25) is 9.36 Å². The van der Waals surface area contributed by atoms with Crippen molar-refractivity contribution in [2.75, 3.05) is 18.9 Å². The molecule has 0 bridgehead atoms. The first-order chi connectivity index (χ1) is 12.7. The highest BCUT2D eigenvalue weighted by atomic mass is 32.2. The van der Waals surface area contributed by atoms with E-state index in [1.54, 1.807) is 0 Å². The molecule has 2 saturated heterocycles. The van der Waals surface area contributed by atoms with Crippen LogP contribution in [0.1, 0.15) is 18.7 Å². The number of thioether (sulfide) groups is 1. The molecular weight excluding hydrogens is 404 g/mol. The molecule has 0 radical (unpaired) electrons. The van der Waals surface area contributed by atoms with E-state index in [0.717, 1.165) is 16.3 Å². The summed E-state index contributed by atoms with van der Waals surface area (Å²) in [5, 5.41) is 7.51. The molecule has 2 aliphatic heterocycles. The van der Waals surface area contributed by atoms with Crippen LogP contribution in [0.5, 0.6) is 0 Å². The Morgan fingerprint density at radius 3 is 3.07 bits per heavy atom. The second-order valence-corrected chi connectivity index (χ2v) is 9.27. The Bertz CT molecular complexity index is 770. The van der Waals surface area contributed by atoms with Crippen molar-refractivity contribution in [3.63, 3.8) is 0 Å². The Morgan fingerprint density at radius 2 is 2.41 bits per heavy atom. The number of carboxylic acids is 1. The predicted octanol–water partition coefficient (Wildman–Crippen LogP) is 0.990. The first kappa shape index (κ1) is 20.4. The largest absolute Gasteiger partial charge is 0.573 e. The number of fused-ring (bicyclic) bond motifs is 1. The Hall–Kier alpha value is -1.30. The van der Waals surface area contributed by atoms with Gasteiger partial charge < -0.3 is 10.8 Å². The van der Waals surface area contributed by atoms with Crippen LogP contribution < -0.4 is 11.4 Å². The van der Waals surface area contributed by atoms with Gasteiger partial charge in [-0.2, -0.15) is 18.9 Å². The molecule has 1 aromatic heterocycles. The Labute approximate surface area is 158 Å². The van der Waals surface area contributed by atoms with Crippen LogP contribution in [0.2, 0.25) is 0 Å². The maximum Gasteiger partial charge on any atom is 0.573 e. The lowest BCUT2D eigenvalue weighted by Gasteiger charge is -2.27. The van der Waals surface area contributed by atoms with E-state index < -0.39 is 48.6 Å². The van der Waals surface area contributed by atoms with Crippen molar-refractivity contribution >= 4 is 31.7 Å². The highest BCUT2D eigenvalue weighted by Gasteiger charge is 2.61. The summed E-state index contributed by atoms with van der Waals surface area (Å²) in [6, 6.07) is 1.39. The standard InChI is InChI=1S/C14H19FN3O7PS/c1-7(13(19)20)3-5-23-26(22)24-6-8-11(25-26)10(15)12(27-8)18-4-2-9(16)17-14(18)21/h2,4,7-8,10-12,22H,3,5-6H2,1H3,(H2-,16,17,19,20,21)/p+1/t7-,8-,10+,11-,12-,26?/m1/s1. The molecule has 3 heterocycles. The minimum atomic E-state index is -3.76. The Morgan fingerprint density at radius 1 is 1.67 bits per heavy atom. The zero-order valence-electron chi connectivity index (χ0n) is 14.3. The summed E-state index contributed by atoms with van der Waals surface area (Å²) in [5.74, 6) is -1.62. The minimum absolute atomic E-state index is 0.0256. The highest BCUT2D eigenvalue weighted by Crippen LogP contribution is 2.65. The number of rotatable bonds is 6. The lowest BCUT2D eigenvalue weighted by molar-refractivity contribution is -0.141. The molecule has 6 atom stereocenters. The lowest BCUT2D eigenvalue weighted by atomic mass is 10.1. The fraction of sp³-hybridized carbons (Fsp3) is 0.643. The number of aromatic nitrogens is 2. The van der Waals surface area contributed by atoms with Crippen molar-refractivity contribution in [2.45, 2.75) is 36.2 Å². The number of carboxylic acid groups (broad SMARTS) is 1. The highest BCUT2D eigenvalue weighted by molar-refractivity contribution is 8.00. The van der Waals surface area contributed by atoms with Gasteiger partial charge in [0, 0.05) is 6.20 Å². The second-order valence-electron chi connectivity index (χ2n) is 6.25. The van der Waals surface area contributed by atoms with Crippen LogP contribution in [0.3, 0.4) is 0 Å². The van der Waals surface area contributed by atoms with Crippen LogP contribution >= 0.6 is 19.9 Å². The number of aliphatic carboxylic acids is 1. The molecule has 10 nitrogen and oxygen atoms in total. The first-order valence-corrected chi connectivity index (χ1v) is 10.6. The van der Waals surface area contributed by atoms with Gasteiger partial charge in [-0.25, -0.2) is 9.18 Å². The molecule has 13 heteroatoms. The van der Waals surface area contributed by atoms with Gasteiger partial charge in [0.2, 0.25) is 0 Å². The lowest BCUT2D eigenvalue weighted by Crippen LogP contribution is -2.39. The molecular formula is C14H20FN3O7PS+. The van der Waals surface area contributed by atoms with Gasteiger partial charge in [-0.05, 0) is 12.5 Å². The van der Waals surface area contributed by atoms with Crippen molar-refractivity contribution in [3.8, 4) is 0 Å². The maximum absolute atomic E-state index is 14.9. The monoisotopic (exact) mass is 424 g/mol. The zero-order valence-corrected chi connectivity index (χ0v) is 16.0. The fourth-order valence-corrected chi connectivity index (χ4v) is 5.78. The molecule has 150 valence electrons. The van der Waals surface area contributed by atoms with Gasteiger partial charge in [0.05, 0.1) is 11.2 Å². The molecule has 1 unspecified atom stereocenters. The van der Waals surface area contributed by atoms with Gasteiger partial charge in [0.1, 0.15) is 24.4 Å². The van der Waals surface area contributed by atoms with E-state index in [9.17, 15) is 18.9 Å². The number of hydrogen-bond acceptors (Lipinski definition) is 9. The minimum Gasteiger partial charge on any atom is -0.481 e. The average molecular weight is 424 g/mol. The van der Waals surface area contributed by atoms with Crippen molar-refractivity contribution in [2.24, 2.45) is 5.92 Å². The SMILES string of the molecule is C[C@H](CCO[P+]1(O)OC[C@H]2S[C@@H](n3ccc(N)nc3=O)[C@@H](F)[C@@H]2O1)C(=O)O. The van der Waals surface area contributed by atoms with E-state index in [1.165, 1.54) is 19.2 Å². The first-order valence-electron chi connectivity index (χ1n) is 8.16. The molecule has 3 rings (SSSR count). The van der Waals surface area contributed by atoms with Crippen molar-refractivity contribution in [3.05, 3.63) is 22.7 Å². The molecule has 27 heavy (non-hydrogen) atoms. The van der Waals surface area contributed by atoms with Crippen LogP contribution in [0.25, 0.3) is 0 Å². The zero-order chi connectivity index (χ0) is 19.8. The number of halogens is 1. The summed E-state index contributed by atoms with van der Waals surface area (Å²) < 4.78 is 31.9. The van der Waals surface area contributed by atoms with Gasteiger partial charge in [0.15, 0.2) is 12.3 Å².